The highest BCUT2D eigenvalue weighted by atomic mass is 79.9. The number of carbonyl (C=O) groups is 1. The third kappa shape index (κ3) is 2.18. The zero-order chi connectivity index (χ0) is 14.3. The first kappa shape index (κ1) is 14.0. The van der Waals surface area contributed by atoms with Crippen molar-refractivity contribution < 1.29 is 9.90 Å². The molecule has 0 saturated carbocycles. The highest BCUT2D eigenvalue weighted by molar-refractivity contribution is 9.10. The quantitative estimate of drug-likeness (QED) is 0.906. The molecule has 4 nitrogen and oxygen atoms in total. The van der Waals surface area contributed by atoms with Crippen LogP contribution in [0.15, 0.2) is 28.7 Å². The van der Waals surface area contributed by atoms with Gasteiger partial charge in [0.1, 0.15) is 0 Å². The minimum atomic E-state index is -0.0623. The third-order valence-corrected chi connectivity index (χ3v) is 5.05. The van der Waals surface area contributed by atoms with Crippen molar-refractivity contribution in [2.45, 2.75) is 24.9 Å². The molecule has 2 fully saturated rings. The molecule has 3 rings (SSSR count). The highest BCUT2D eigenvalue weighted by Gasteiger charge is 2.53. The monoisotopic (exact) mass is 338 g/mol. The zero-order valence-corrected chi connectivity index (χ0v) is 13.1. The molecule has 1 amide bonds. The number of nitrogens with zero attached hydrogens (tertiary/aromatic N) is 2. The lowest BCUT2D eigenvalue weighted by molar-refractivity contribution is -0.161. The molecular formula is C15H19BrN2O2. The van der Waals surface area contributed by atoms with Crippen molar-refractivity contribution in [3.8, 4) is 0 Å². The molecule has 0 spiro atoms. The van der Waals surface area contributed by atoms with E-state index in [1.807, 2.05) is 17.0 Å². The maximum absolute atomic E-state index is 12.2. The molecule has 0 aliphatic carbocycles. The van der Waals surface area contributed by atoms with Crippen LogP contribution in [0, 0.1) is 0 Å². The molecule has 3 atom stereocenters. The average molecular weight is 339 g/mol. The van der Waals surface area contributed by atoms with Crippen LogP contribution in [-0.2, 0) is 4.79 Å². The molecule has 2 heterocycles. The number of fused-ring (bicyclic) bond motifs is 1. The number of amides is 1. The van der Waals surface area contributed by atoms with Gasteiger partial charge in [-0.2, -0.15) is 0 Å². The number of carbonyl (C=O) groups excluding carboxylic acids is 1. The van der Waals surface area contributed by atoms with Gasteiger partial charge in [-0.15, -0.1) is 0 Å². The van der Waals surface area contributed by atoms with E-state index in [4.69, 9.17) is 0 Å². The maximum Gasteiger partial charge on any atom is 0.237 e. The summed E-state index contributed by atoms with van der Waals surface area (Å²) < 4.78 is 1.05. The van der Waals surface area contributed by atoms with Gasteiger partial charge in [-0.1, -0.05) is 35.0 Å². The summed E-state index contributed by atoms with van der Waals surface area (Å²) >= 11 is 3.44. The molecule has 0 bridgehead atoms. The summed E-state index contributed by atoms with van der Waals surface area (Å²) in [5, 5.41) is 9.64. The average Bonchev–Trinajstić information content (AvgIpc) is 2.43. The van der Waals surface area contributed by atoms with Crippen LogP contribution in [0.2, 0.25) is 0 Å². The van der Waals surface area contributed by atoms with Crippen molar-refractivity contribution in [3.63, 3.8) is 0 Å². The minimum Gasteiger partial charge on any atom is -0.394 e. The van der Waals surface area contributed by atoms with Crippen LogP contribution in [0.1, 0.15) is 18.4 Å². The molecule has 0 unspecified atom stereocenters. The first-order chi connectivity index (χ1) is 9.65. The van der Waals surface area contributed by atoms with Crippen molar-refractivity contribution in [2.75, 3.05) is 26.2 Å². The molecule has 2 saturated heterocycles. The van der Waals surface area contributed by atoms with Crippen molar-refractivity contribution >= 4 is 21.8 Å². The molecule has 20 heavy (non-hydrogen) atoms. The van der Waals surface area contributed by atoms with Gasteiger partial charge in [0.05, 0.1) is 25.2 Å². The summed E-state index contributed by atoms with van der Waals surface area (Å²) in [6, 6.07) is 8.36. The molecule has 0 radical (unpaired) electrons. The Balaban J connectivity index is 1.86. The Morgan fingerprint density at radius 1 is 1.35 bits per heavy atom. The Bertz CT molecular complexity index is 505. The van der Waals surface area contributed by atoms with Gasteiger partial charge in [0, 0.05) is 16.9 Å². The predicted octanol–water partition coefficient (Wildman–Crippen LogP) is 1.44. The number of halogens is 1. The number of hydrogen-bond acceptors (Lipinski definition) is 3. The molecule has 0 aromatic heterocycles. The second-order valence-corrected chi connectivity index (χ2v) is 6.44. The van der Waals surface area contributed by atoms with E-state index >= 15 is 0 Å². The number of aliphatic hydroxyl groups is 1. The Morgan fingerprint density at radius 2 is 2.05 bits per heavy atom. The van der Waals surface area contributed by atoms with E-state index in [9.17, 15) is 9.90 Å². The van der Waals surface area contributed by atoms with Crippen molar-refractivity contribution in [1.29, 1.82) is 0 Å². The Morgan fingerprint density at radius 3 is 2.65 bits per heavy atom. The number of piperazine rings is 1. The van der Waals surface area contributed by atoms with Crippen LogP contribution >= 0.6 is 15.9 Å². The molecule has 2 aliphatic heterocycles. The summed E-state index contributed by atoms with van der Waals surface area (Å²) in [6.07, 6.45) is 0. The first-order valence-corrected chi connectivity index (χ1v) is 7.84. The number of benzene rings is 1. The Hall–Kier alpha value is -0.910. The summed E-state index contributed by atoms with van der Waals surface area (Å²) in [5.41, 5.74) is 1.21. The van der Waals surface area contributed by atoms with Crippen LogP contribution < -0.4 is 0 Å². The van der Waals surface area contributed by atoms with Crippen molar-refractivity contribution in [3.05, 3.63) is 34.3 Å². The summed E-state index contributed by atoms with van der Waals surface area (Å²) in [7, 11) is 0. The van der Waals surface area contributed by atoms with Gasteiger partial charge >= 0.3 is 0 Å². The zero-order valence-electron chi connectivity index (χ0n) is 11.5. The molecule has 1 N–H and O–H groups in total. The van der Waals surface area contributed by atoms with E-state index in [2.05, 4.69) is 39.9 Å². The van der Waals surface area contributed by atoms with Gasteiger partial charge in [0.25, 0.3) is 0 Å². The van der Waals surface area contributed by atoms with Crippen molar-refractivity contribution in [2.24, 2.45) is 0 Å². The van der Waals surface area contributed by atoms with Gasteiger partial charge in [0.2, 0.25) is 5.91 Å². The smallest absolute Gasteiger partial charge is 0.237 e. The number of hydrogen-bond donors (Lipinski definition) is 1. The van der Waals surface area contributed by atoms with E-state index in [0.717, 1.165) is 17.6 Å². The van der Waals surface area contributed by atoms with Gasteiger partial charge in [-0.3, -0.25) is 9.69 Å². The van der Waals surface area contributed by atoms with Crippen molar-refractivity contribution in [1.82, 2.24) is 9.80 Å². The molecular weight excluding hydrogens is 320 g/mol. The van der Waals surface area contributed by atoms with Crippen LogP contribution in [0.25, 0.3) is 0 Å². The lowest BCUT2D eigenvalue weighted by atomic mass is 9.74. The lowest BCUT2D eigenvalue weighted by Crippen LogP contribution is -2.72. The predicted molar refractivity (Wildman–Crippen MR) is 80.5 cm³/mol. The van der Waals surface area contributed by atoms with Crippen LogP contribution in [0.5, 0.6) is 0 Å². The summed E-state index contributed by atoms with van der Waals surface area (Å²) in [6.45, 7) is 4.40. The molecule has 108 valence electrons. The van der Waals surface area contributed by atoms with E-state index in [0.29, 0.717) is 6.54 Å². The minimum absolute atomic E-state index is 0.0368. The number of aliphatic hydroxyl groups excluding tert-OH is 1. The van der Waals surface area contributed by atoms with Gasteiger partial charge in [0.15, 0.2) is 0 Å². The number of likely N-dealkylation sites (N-methyl/N-ethyl adjacent to an activating group) is 1. The Kier molecular flexibility index (Phi) is 3.84. The Labute approximate surface area is 127 Å². The topological polar surface area (TPSA) is 43.8 Å². The van der Waals surface area contributed by atoms with E-state index in [1.165, 1.54) is 5.56 Å². The fraction of sp³-hybridized carbons (Fsp3) is 0.533. The number of rotatable bonds is 3. The van der Waals surface area contributed by atoms with E-state index < -0.39 is 0 Å². The standard InChI is InChI=1S/C15H19BrN2O2/c1-2-17-7-12-15(10-3-5-11(16)6-4-10)13(9-19)18(12)14(20)8-17/h3-6,12-13,15,19H,2,7-9H2,1H3/t12-,13+,15-/m0/s1. The molecule has 2 aliphatic rings. The third-order valence-electron chi connectivity index (χ3n) is 4.52. The molecule has 5 heteroatoms. The van der Waals surface area contributed by atoms with E-state index in [1.54, 1.807) is 0 Å². The normalized spacial score (nSPS) is 30.1. The molecule has 1 aromatic rings. The van der Waals surface area contributed by atoms with E-state index in [-0.39, 0.29) is 30.5 Å². The maximum atomic E-state index is 12.2. The van der Waals surface area contributed by atoms with Crippen LogP contribution in [0.3, 0.4) is 0 Å². The summed E-state index contributed by atoms with van der Waals surface area (Å²) in [5.74, 6) is 0.391. The second kappa shape index (κ2) is 5.47. The molecule has 1 aromatic carbocycles. The lowest BCUT2D eigenvalue weighted by Gasteiger charge is -2.58. The largest absolute Gasteiger partial charge is 0.394 e. The summed E-state index contributed by atoms with van der Waals surface area (Å²) in [4.78, 5) is 16.3. The SMILES string of the molecule is CCN1CC(=O)N2[C@H](CO)[C@@H](c3ccc(Br)cc3)[C@@H]2C1. The van der Waals surface area contributed by atoms with Gasteiger partial charge < -0.3 is 10.0 Å². The van der Waals surface area contributed by atoms with Gasteiger partial charge in [-0.05, 0) is 24.2 Å². The fourth-order valence-corrected chi connectivity index (χ4v) is 3.76. The highest BCUT2D eigenvalue weighted by Crippen LogP contribution is 2.42. The first-order valence-electron chi connectivity index (χ1n) is 7.05. The van der Waals surface area contributed by atoms with Crippen LogP contribution in [0.4, 0.5) is 0 Å². The second-order valence-electron chi connectivity index (χ2n) is 5.52. The van der Waals surface area contributed by atoms with Crippen LogP contribution in [-0.4, -0.2) is 59.1 Å². The van der Waals surface area contributed by atoms with Gasteiger partial charge in [-0.25, -0.2) is 0 Å². The fourth-order valence-electron chi connectivity index (χ4n) is 3.49.